The van der Waals surface area contributed by atoms with E-state index in [2.05, 4.69) is 30.5 Å². The Bertz CT molecular complexity index is 738. The van der Waals surface area contributed by atoms with Crippen molar-refractivity contribution < 1.29 is 18.3 Å². The summed E-state index contributed by atoms with van der Waals surface area (Å²) in [7, 11) is -3.74. The molecule has 0 fully saturated rings. The zero-order valence-corrected chi connectivity index (χ0v) is 14.4. The maximum absolute atomic E-state index is 12.0. The third-order valence-electron chi connectivity index (χ3n) is 4.31. The summed E-state index contributed by atoms with van der Waals surface area (Å²) in [5, 5.41) is 12.2. The third-order valence-corrected chi connectivity index (χ3v) is 5.64. The molecule has 126 valence electrons. The molecule has 1 aliphatic rings. The molecule has 2 rings (SSSR count). The molecule has 23 heavy (non-hydrogen) atoms. The molecule has 0 spiro atoms. The zero-order chi connectivity index (χ0) is 17.3. The molecule has 2 N–H and O–H groups in total. The Morgan fingerprint density at radius 2 is 2.00 bits per heavy atom. The van der Waals surface area contributed by atoms with Gasteiger partial charge < -0.3 is 10.4 Å². The van der Waals surface area contributed by atoms with Crippen LogP contribution in [-0.4, -0.2) is 31.4 Å². The van der Waals surface area contributed by atoms with Crippen LogP contribution >= 0.6 is 0 Å². The second-order valence-electron chi connectivity index (χ2n) is 6.50. The van der Waals surface area contributed by atoms with E-state index in [0.29, 0.717) is 12.0 Å². The third kappa shape index (κ3) is 3.90. The predicted molar refractivity (Wildman–Crippen MR) is 88.0 cm³/mol. The number of nitrogens with zero attached hydrogens (tertiary/aromatic N) is 1. The van der Waals surface area contributed by atoms with Crippen LogP contribution in [0.15, 0.2) is 33.6 Å². The summed E-state index contributed by atoms with van der Waals surface area (Å²) in [6, 6.07) is 5.54. The average molecular weight is 338 g/mol. The molecule has 1 heterocycles. The molecule has 7 heteroatoms. The Balaban J connectivity index is 2.20. The first-order valence-electron chi connectivity index (χ1n) is 7.60. The molecule has 0 bridgehead atoms. The van der Waals surface area contributed by atoms with Crippen molar-refractivity contribution in [3.8, 4) is 0 Å². The van der Waals surface area contributed by atoms with Crippen molar-refractivity contribution in [3.63, 3.8) is 0 Å². The average Bonchev–Trinajstić information content (AvgIpc) is 2.75. The first-order chi connectivity index (χ1) is 10.7. The van der Waals surface area contributed by atoms with Crippen LogP contribution in [0.25, 0.3) is 0 Å². The highest BCUT2D eigenvalue weighted by Gasteiger charge is 2.31. The van der Waals surface area contributed by atoms with Gasteiger partial charge in [0.2, 0.25) is 0 Å². The normalized spacial score (nSPS) is 17.3. The SMILES string of the molecule is CCC(C)(C)CCC(NC1=NS(=O)(=O)c2ccccc21)C(=O)O. The zero-order valence-electron chi connectivity index (χ0n) is 13.5. The molecule has 1 unspecified atom stereocenters. The summed E-state index contributed by atoms with van der Waals surface area (Å²) in [6.45, 7) is 6.23. The van der Waals surface area contributed by atoms with Crippen LogP contribution in [0.5, 0.6) is 0 Å². The number of sulfonamides is 1. The van der Waals surface area contributed by atoms with E-state index in [1.807, 2.05) is 0 Å². The number of carboxylic acid groups (broad SMARTS) is 1. The molecule has 1 atom stereocenters. The fraction of sp³-hybridized carbons (Fsp3) is 0.500. The number of amidine groups is 1. The van der Waals surface area contributed by atoms with Crippen LogP contribution in [0.2, 0.25) is 0 Å². The molecule has 0 aromatic heterocycles. The van der Waals surface area contributed by atoms with Crippen LogP contribution in [0.3, 0.4) is 0 Å². The van der Waals surface area contributed by atoms with Gasteiger partial charge in [-0.15, -0.1) is 4.40 Å². The number of carbonyl (C=O) groups is 1. The molecule has 1 aliphatic heterocycles. The molecule has 0 saturated carbocycles. The Kier molecular flexibility index (Phi) is 4.79. The number of carboxylic acids is 1. The molecular weight excluding hydrogens is 316 g/mol. The quantitative estimate of drug-likeness (QED) is 0.830. The van der Waals surface area contributed by atoms with Crippen LogP contribution < -0.4 is 5.32 Å². The predicted octanol–water partition coefficient (Wildman–Crippen LogP) is 2.39. The summed E-state index contributed by atoms with van der Waals surface area (Å²) in [5.74, 6) is -0.899. The molecule has 0 saturated heterocycles. The lowest BCUT2D eigenvalue weighted by atomic mass is 9.84. The van der Waals surface area contributed by atoms with E-state index < -0.39 is 22.0 Å². The van der Waals surface area contributed by atoms with Crippen LogP contribution in [0, 0.1) is 5.41 Å². The number of rotatable bonds is 6. The summed E-state index contributed by atoms with van der Waals surface area (Å²) < 4.78 is 27.7. The van der Waals surface area contributed by atoms with E-state index in [0.717, 1.165) is 12.8 Å². The highest BCUT2D eigenvalue weighted by atomic mass is 32.2. The Morgan fingerprint density at radius 1 is 1.35 bits per heavy atom. The number of aliphatic carboxylic acids is 1. The van der Waals surface area contributed by atoms with Gasteiger partial charge in [0.15, 0.2) is 0 Å². The summed E-state index contributed by atoms with van der Waals surface area (Å²) >= 11 is 0. The van der Waals surface area contributed by atoms with Crippen LogP contribution in [0.1, 0.15) is 45.6 Å². The smallest absolute Gasteiger partial charge is 0.326 e. The summed E-state index contributed by atoms with van der Waals surface area (Å²) in [6.07, 6.45) is 2.06. The minimum Gasteiger partial charge on any atom is -0.480 e. The number of benzene rings is 1. The van der Waals surface area contributed by atoms with E-state index in [4.69, 9.17) is 0 Å². The van der Waals surface area contributed by atoms with Crippen molar-refractivity contribution in [2.75, 3.05) is 0 Å². The fourth-order valence-corrected chi connectivity index (χ4v) is 3.53. The molecule has 6 nitrogen and oxygen atoms in total. The van der Waals surface area contributed by atoms with Gasteiger partial charge in [0, 0.05) is 5.56 Å². The lowest BCUT2D eigenvalue weighted by Crippen LogP contribution is -2.41. The Hall–Kier alpha value is -1.89. The molecule has 0 radical (unpaired) electrons. The van der Waals surface area contributed by atoms with E-state index in [9.17, 15) is 18.3 Å². The lowest BCUT2D eigenvalue weighted by Gasteiger charge is -2.25. The van der Waals surface area contributed by atoms with Gasteiger partial charge >= 0.3 is 5.97 Å². The number of fused-ring (bicyclic) bond motifs is 1. The van der Waals surface area contributed by atoms with Gasteiger partial charge in [-0.2, -0.15) is 8.42 Å². The van der Waals surface area contributed by atoms with Crippen molar-refractivity contribution >= 4 is 21.8 Å². The first kappa shape index (κ1) is 17.5. The minimum atomic E-state index is -3.74. The van der Waals surface area contributed by atoms with Gasteiger partial charge in [0.25, 0.3) is 10.0 Å². The Labute approximate surface area is 136 Å². The molecular formula is C16H22N2O4S. The van der Waals surface area contributed by atoms with Crippen LogP contribution in [0.4, 0.5) is 0 Å². The van der Waals surface area contributed by atoms with Crippen molar-refractivity contribution in [2.24, 2.45) is 9.81 Å². The molecule has 0 amide bonds. The van der Waals surface area contributed by atoms with Crippen molar-refractivity contribution in [3.05, 3.63) is 29.8 Å². The van der Waals surface area contributed by atoms with Gasteiger partial charge in [0.05, 0.1) is 0 Å². The number of nitrogens with one attached hydrogen (secondary N) is 1. The first-order valence-corrected chi connectivity index (χ1v) is 9.04. The molecule has 1 aromatic rings. The lowest BCUT2D eigenvalue weighted by molar-refractivity contribution is -0.139. The van der Waals surface area contributed by atoms with Crippen molar-refractivity contribution in [2.45, 2.75) is 51.0 Å². The summed E-state index contributed by atoms with van der Waals surface area (Å²) in [4.78, 5) is 11.6. The van der Waals surface area contributed by atoms with Gasteiger partial charge in [0.1, 0.15) is 16.8 Å². The largest absolute Gasteiger partial charge is 0.480 e. The van der Waals surface area contributed by atoms with Gasteiger partial charge in [-0.1, -0.05) is 39.3 Å². The van der Waals surface area contributed by atoms with E-state index in [1.54, 1.807) is 18.2 Å². The standard InChI is InChI=1S/C16H22N2O4S/c1-4-16(2,3)10-9-12(15(19)20)17-14-11-7-5-6-8-13(11)23(21,22)18-14/h5-8,12H,4,9-10H2,1-3H3,(H,17,18)(H,19,20). The van der Waals surface area contributed by atoms with Gasteiger partial charge in [-0.25, -0.2) is 4.79 Å². The van der Waals surface area contributed by atoms with Gasteiger partial charge in [-0.05, 0) is 30.4 Å². The monoisotopic (exact) mass is 338 g/mol. The van der Waals surface area contributed by atoms with Gasteiger partial charge in [-0.3, -0.25) is 0 Å². The fourth-order valence-electron chi connectivity index (χ4n) is 2.34. The maximum Gasteiger partial charge on any atom is 0.326 e. The molecule has 0 aliphatic carbocycles. The van der Waals surface area contributed by atoms with Crippen molar-refractivity contribution in [1.29, 1.82) is 0 Å². The summed E-state index contributed by atoms with van der Waals surface area (Å²) in [5.41, 5.74) is 0.463. The number of hydrogen-bond donors (Lipinski definition) is 2. The molecule has 1 aromatic carbocycles. The highest BCUT2D eigenvalue weighted by Crippen LogP contribution is 2.28. The van der Waals surface area contributed by atoms with Crippen LogP contribution in [-0.2, 0) is 14.8 Å². The highest BCUT2D eigenvalue weighted by molar-refractivity contribution is 7.90. The van der Waals surface area contributed by atoms with E-state index >= 15 is 0 Å². The Morgan fingerprint density at radius 3 is 2.61 bits per heavy atom. The number of hydrogen-bond acceptors (Lipinski definition) is 4. The topological polar surface area (TPSA) is 95.8 Å². The van der Waals surface area contributed by atoms with E-state index in [-0.39, 0.29) is 16.1 Å². The van der Waals surface area contributed by atoms with Crippen molar-refractivity contribution in [1.82, 2.24) is 5.32 Å². The minimum absolute atomic E-state index is 0.0385. The second-order valence-corrected chi connectivity index (χ2v) is 8.08. The maximum atomic E-state index is 12.0. The second kappa shape index (κ2) is 6.31. The van der Waals surface area contributed by atoms with E-state index in [1.165, 1.54) is 6.07 Å².